The zero-order valence-electron chi connectivity index (χ0n) is 7.20. The highest BCUT2D eigenvalue weighted by Crippen LogP contribution is 2.48. The van der Waals surface area contributed by atoms with E-state index in [0.717, 1.165) is 19.1 Å². The van der Waals surface area contributed by atoms with Crippen LogP contribution in [0, 0.1) is 17.3 Å². The van der Waals surface area contributed by atoms with Gasteiger partial charge in [0.2, 0.25) is 0 Å². The van der Waals surface area contributed by atoms with Crippen LogP contribution in [0.3, 0.4) is 0 Å². The molecule has 0 amide bonds. The van der Waals surface area contributed by atoms with E-state index in [1.165, 1.54) is 6.42 Å². The van der Waals surface area contributed by atoms with Gasteiger partial charge in [-0.15, -0.1) is 6.58 Å². The Morgan fingerprint density at radius 3 is 2.83 bits per heavy atom. The maximum Gasteiger partial charge on any atom is 0.130 e. The summed E-state index contributed by atoms with van der Waals surface area (Å²) in [5.41, 5.74) is -0.184. The molecule has 0 aromatic carbocycles. The van der Waals surface area contributed by atoms with Crippen LogP contribution in [0.25, 0.3) is 0 Å². The standard InChI is InChI=1S/C11H14O/c1-2-10-7-9-3-5-11(10,8-12)6-4-9/h2-3,5,8-10H,1,4,6-7H2/t9-,10-,11+/m0/s1. The van der Waals surface area contributed by atoms with Gasteiger partial charge in [0, 0.05) is 0 Å². The van der Waals surface area contributed by atoms with Crippen LogP contribution in [-0.2, 0) is 4.79 Å². The third kappa shape index (κ3) is 0.889. The van der Waals surface area contributed by atoms with Crippen LogP contribution in [0.1, 0.15) is 19.3 Å². The fourth-order valence-electron chi connectivity index (χ4n) is 2.48. The Morgan fingerprint density at radius 1 is 1.58 bits per heavy atom. The molecule has 3 aliphatic rings. The minimum absolute atomic E-state index is 0.184. The molecule has 0 radical (unpaired) electrons. The fraction of sp³-hybridized carbons (Fsp3) is 0.545. The van der Waals surface area contributed by atoms with Gasteiger partial charge in [0.25, 0.3) is 0 Å². The Hall–Kier alpha value is -0.850. The quantitative estimate of drug-likeness (QED) is 0.450. The van der Waals surface area contributed by atoms with E-state index >= 15 is 0 Å². The smallest absolute Gasteiger partial charge is 0.130 e. The average Bonchev–Trinajstić information content (AvgIpc) is 2.19. The number of allylic oxidation sites excluding steroid dienone is 3. The van der Waals surface area contributed by atoms with Crippen LogP contribution in [0.4, 0.5) is 0 Å². The molecule has 3 aliphatic carbocycles. The first-order chi connectivity index (χ1) is 5.80. The Morgan fingerprint density at radius 2 is 2.42 bits per heavy atom. The van der Waals surface area contributed by atoms with Crippen LogP contribution in [0.15, 0.2) is 24.8 Å². The van der Waals surface area contributed by atoms with Crippen molar-refractivity contribution in [3.05, 3.63) is 24.8 Å². The number of rotatable bonds is 2. The minimum Gasteiger partial charge on any atom is -0.302 e. The largest absolute Gasteiger partial charge is 0.302 e. The lowest BCUT2D eigenvalue weighted by Crippen LogP contribution is -2.38. The zero-order chi connectivity index (χ0) is 8.60. The fourth-order valence-corrected chi connectivity index (χ4v) is 2.48. The van der Waals surface area contributed by atoms with Crippen molar-refractivity contribution in [1.29, 1.82) is 0 Å². The van der Waals surface area contributed by atoms with Gasteiger partial charge in [-0.05, 0) is 31.1 Å². The molecule has 0 spiro atoms. The molecule has 64 valence electrons. The average molecular weight is 162 g/mol. The number of carbonyl (C=O) groups is 1. The first-order valence-corrected chi connectivity index (χ1v) is 4.59. The highest BCUT2D eigenvalue weighted by molar-refractivity contribution is 5.65. The van der Waals surface area contributed by atoms with Gasteiger partial charge in [0.15, 0.2) is 0 Å². The van der Waals surface area contributed by atoms with E-state index in [1.54, 1.807) is 0 Å². The molecule has 0 aromatic heterocycles. The molecule has 2 bridgehead atoms. The second-order valence-corrected chi connectivity index (χ2v) is 3.97. The predicted octanol–water partition coefficient (Wildman–Crippen LogP) is 2.34. The molecule has 1 fully saturated rings. The third-order valence-electron chi connectivity index (χ3n) is 3.38. The predicted molar refractivity (Wildman–Crippen MR) is 48.7 cm³/mol. The van der Waals surface area contributed by atoms with Gasteiger partial charge in [0.05, 0.1) is 5.41 Å². The van der Waals surface area contributed by atoms with Crippen LogP contribution in [0.5, 0.6) is 0 Å². The van der Waals surface area contributed by atoms with Crippen molar-refractivity contribution in [1.82, 2.24) is 0 Å². The number of fused-ring (bicyclic) bond motifs is 2. The van der Waals surface area contributed by atoms with E-state index in [2.05, 4.69) is 18.7 Å². The minimum atomic E-state index is -0.184. The second kappa shape index (κ2) is 2.58. The highest BCUT2D eigenvalue weighted by atomic mass is 16.1. The van der Waals surface area contributed by atoms with Gasteiger partial charge in [-0.25, -0.2) is 0 Å². The molecule has 0 unspecified atom stereocenters. The molecule has 0 aliphatic heterocycles. The topological polar surface area (TPSA) is 17.1 Å². The summed E-state index contributed by atoms with van der Waals surface area (Å²) in [6.07, 6.45) is 10.7. The maximum absolute atomic E-state index is 11.0. The lowest BCUT2D eigenvalue weighted by molar-refractivity contribution is -0.117. The molecular weight excluding hydrogens is 148 g/mol. The van der Waals surface area contributed by atoms with Crippen LogP contribution in [0.2, 0.25) is 0 Å². The molecule has 0 N–H and O–H groups in total. The van der Waals surface area contributed by atoms with Crippen molar-refractivity contribution >= 4 is 6.29 Å². The summed E-state index contributed by atoms with van der Waals surface area (Å²) in [6.45, 7) is 3.80. The number of hydrogen-bond donors (Lipinski definition) is 0. The van der Waals surface area contributed by atoms with E-state index in [0.29, 0.717) is 11.8 Å². The van der Waals surface area contributed by atoms with E-state index in [-0.39, 0.29) is 5.41 Å². The Kier molecular flexibility index (Phi) is 1.67. The summed E-state index contributed by atoms with van der Waals surface area (Å²) < 4.78 is 0. The molecule has 1 nitrogen and oxygen atoms in total. The van der Waals surface area contributed by atoms with Crippen LogP contribution < -0.4 is 0 Å². The first kappa shape index (κ1) is 7.78. The van der Waals surface area contributed by atoms with Crippen LogP contribution in [-0.4, -0.2) is 6.29 Å². The van der Waals surface area contributed by atoms with E-state index in [4.69, 9.17) is 0 Å². The van der Waals surface area contributed by atoms with Gasteiger partial charge >= 0.3 is 0 Å². The van der Waals surface area contributed by atoms with Crippen molar-refractivity contribution in [2.24, 2.45) is 17.3 Å². The molecule has 12 heavy (non-hydrogen) atoms. The molecule has 0 saturated heterocycles. The van der Waals surface area contributed by atoms with Gasteiger partial charge in [-0.2, -0.15) is 0 Å². The number of hydrogen-bond acceptors (Lipinski definition) is 1. The van der Waals surface area contributed by atoms with Crippen LogP contribution >= 0.6 is 0 Å². The summed E-state index contributed by atoms with van der Waals surface area (Å²) in [5, 5.41) is 0. The Labute approximate surface area is 73.2 Å². The van der Waals surface area contributed by atoms with Gasteiger partial charge in [-0.1, -0.05) is 18.2 Å². The highest BCUT2D eigenvalue weighted by Gasteiger charge is 2.42. The molecule has 1 saturated carbocycles. The van der Waals surface area contributed by atoms with E-state index < -0.39 is 0 Å². The lowest BCUT2D eigenvalue weighted by atomic mass is 9.60. The first-order valence-electron chi connectivity index (χ1n) is 4.59. The zero-order valence-corrected chi connectivity index (χ0v) is 7.20. The van der Waals surface area contributed by atoms with Crippen molar-refractivity contribution in [2.45, 2.75) is 19.3 Å². The van der Waals surface area contributed by atoms with Gasteiger partial charge in [-0.3, -0.25) is 0 Å². The Balaban J connectivity index is 2.37. The van der Waals surface area contributed by atoms with Crippen molar-refractivity contribution < 1.29 is 4.79 Å². The molecule has 0 heterocycles. The number of carbonyl (C=O) groups excluding carboxylic acids is 1. The summed E-state index contributed by atoms with van der Waals surface area (Å²) in [6, 6.07) is 0. The second-order valence-electron chi connectivity index (χ2n) is 3.97. The summed E-state index contributed by atoms with van der Waals surface area (Å²) >= 11 is 0. The molecule has 0 aromatic rings. The maximum atomic E-state index is 11.0. The third-order valence-corrected chi connectivity index (χ3v) is 3.38. The van der Waals surface area contributed by atoms with Crippen molar-refractivity contribution in [3.63, 3.8) is 0 Å². The SMILES string of the molecule is C=C[C@H]1C[C@H]2C=C[C@]1(C=O)CC2. The number of aldehydes is 1. The Bertz CT molecular complexity index is 241. The molecule has 1 heteroatoms. The van der Waals surface area contributed by atoms with Crippen molar-refractivity contribution in [3.8, 4) is 0 Å². The van der Waals surface area contributed by atoms with Gasteiger partial charge in [0.1, 0.15) is 6.29 Å². The monoisotopic (exact) mass is 162 g/mol. The van der Waals surface area contributed by atoms with E-state index in [9.17, 15) is 4.79 Å². The summed E-state index contributed by atoms with van der Waals surface area (Å²) in [7, 11) is 0. The lowest BCUT2D eigenvalue weighted by Gasteiger charge is -2.43. The summed E-state index contributed by atoms with van der Waals surface area (Å²) in [5.74, 6) is 1.09. The molecular formula is C11H14O. The van der Waals surface area contributed by atoms with E-state index in [1.807, 2.05) is 6.08 Å². The molecule has 3 atom stereocenters. The normalized spacial score (nSPS) is 44.3. The summed E-state index contributed by atoms with van der Waals surface area (Å²) in [4.78, 5) is 11.0. The molecule has 3 rings (SSSR count). The van der Waals surface area contributed by atoms with Crippen molar-refractivity contribution in [2.75, 3.05) is 0 Å². The van der Waals surface area contributed by atoms with Gasteiger partial charge < -0.3 is 4.79 Å².